The van der Waals surface area contributed by atoms with Crippen LogP contribution in [-0.2, 0) is 5.75 Å². The van der Waals surface area contributed by atoms with E-state index in [9.17, 15) is 14.9 Å². The second-order valence-electron chi connectivity index (χ2n) is 6.06. The maximum absolute atomic E-state index is 12.7. The molecule has 27 heavy (non-hydrogen) atoms. The van der Waals surface area contributed by atoms with Gasteiger partial charge in [-0.2, -0.15) is 0 Å². The van der Waals surface area contributed by atoms with Gasteiger partial charge in [0.2, 0.25) is 0 Å². The monoisotopic (exact) mass is 416 g/mol. The summed E-state index contributed by atoms with van der Waals surface area (Å²) in [5, 5.41) is 14.6. The normalized spacial score (nSPS) is 12.2. The minimum atomic E-state index is -0.450. The molecule has 4 rings (SSSR count). The number of nitro groups is 1. The van der Waals surface area contributed by atoms with Crippen LogP contribution in [0.4, 0.5) is 11.4 Å². The van der Waals surface area contributed by atoms with Gasteiger partial charge in [0.15, 0.2) is 0 Å². The first kappa shape index (κ1) is 18.0. The van der Waals surface area contributed by atoms with Crippen molar-refractivity contribution in [3.05, 3.63) is 73.6 Å². The molecule has 0 fully saturated rings. The number of nitrogens with one attached hydrogen (secondary N) is 1. The van der Waals surface area contributed by atoms with Crippen LogP contribution in [0.15, 0.2) is 47.4 Å². The smallest absolute Gasteiger partial charge is 0.274 e. The van der Waals surface area contributed by atoms with Crippen molar-refractivity contribution >= 4 is 52.0 Å². The average Bonchev–Trinajstić information content (AvgIpc) is 3.07. The lowest BCUT2D eigenvalue weighted by Crippen LogP contribution is -2.11. The topological polar surface area (TPSA) is 72.2 Å². The van der Waals surface area contributed by atoms with Gasteiger partial charge in [-0.25, -0.2) is 0 Å². The summed E-state index contributed by atoms with van der Waals surface area (Å²) in [6.45, 7) is 1.63. The van der Waals surface area contributed by atoms with Gasteiger partial charge in [-0.05, 0) is 36.8 Å². The first-order valence-corrected chi connectivity index (χ1v) is 10.2. The van der Waals surface area contributed by atoms with Crippen LogP contribution in [0.25, 0.3) is 10.4 Å². The first-order chi connectivity index (χ1) is 12.9. The van der Waals surface area contributed by atoms with Gasteiger partial charge in [0.25, 0.3) is 11.6 Å². The molecule has 0 atom stereocenters. The van der Waals surface area contributed by atoms with Gasteiger partial charge in [0, 0.05) is 32.2 Å². The summed E-state index contributed by atoms with van der Waals surface area (Å²) in [7, 11) is 0. The molecule has 8 heteroatoms. The van der Waals surface area contributed by atoms with Crippen LogP contribution in [0, 0.1) is 17.0 Å². The lowest BCUT2D eigenvalue weighted by Gasteiger charge is -2.15. The molecule has 1 aromatic heterocycles. The summed E-state index contributed by atoms with van der Waals surface area (Å²) in [5.41, 5.74) is 3.07. The van der Waals surface area contributed by atoms with Gasteiger partial charge >= 0.3 is 0 Å². The number of hydrogen-bond donors (Lipinski definition) is 1. The van der Waals surface area contributed by atoms with Crippen LogP contribution < -0.4 is 5.32 Å². The molecule has 3 aromatic rings. The van der Waals surface area contributed by atoms with Crippen molar-refractivity contribution in [2.45, 2.75) is 17.6 Å². The zero-order valence-corrected chi connectivity index (χ0v) is 16.5. The number of hydrogen-bond acceptors (Lipinski definition) is 5. The van der Waals surface area contributed by atoms with Crippen molar-refractivity contribution in [1.29, 1.82) is 0 Å². The molecule has 0 aliphatic carbocycles. The molecule has 0 unspecified atom stereocenters. The molecule has 5 nitrogen and oxygen atoms in total. The number of nitrogens with zero attached hydrogens (tertiary/aromatic N) is 1. The van der Waals surface area contributed by atoms with Crippen LogP contribution in [0.5, 0.6) is 0 Å². The molecular formula is C19H13ClN2O3S2. The Morgan fingerprint density at radius 3 is 2.85 bits per heavy atom. The van der Waals surface area contributed by atoms with E-state index in [-0.39, 0.29) is 11.6 Å². The zero-order chi connectivity index (χ0) is 19.1. The lowest BCUT2D eigenvalue weighted by atomic mass is 10.1. The fourth-order valence-electron chi connectivity index (χ4n) is 2.98. The van der Waals surface area contributed by atoms with Gasteiger partial charge in [-0.1, -0.05) is 23.7 Å². The molecule has 0 radical (unpaired) electrons. The second kappa shape index (κ2) is 6.99. The van der Waals surface area contributed by atoms with E-state index in [1.165, 1.54) is 17.4 Å². The maximum atomic E-state index is 12.7. The molecule has 0 saturated heterocycles. The summed E-state index contributed by atoms with van der Waals surface area (Å²) < 4.78 is 0. The average molecular weight is 417 g/mol. The Hall–Kier alpha value is -2.35. The molecule has 2 aromatic carbocycles. The third kappa shape index (κ3) is 3.34. The fourth-order valence-corrected chi connectivity index (χ4v) is 5.56. The van der Waals surface area contributed by atoms with Crippen molar-refractivity contribution in [1.82, 2.24) is 0 Å². The number of carbonyl (C=O) groups is 1. The van der Waals surface area contributed by atoms with Gasteiger partial charge in [0.05, 0.1) is 21.1 Å². The number of anilines is 1. The van der Waals surface area contributed by atoms with E-state index in [1.807, 2.05) is 24.3 Å². The van der Waals surface area contributed by atoms with Crippen LogP contribution in [-0.4, -0.2) is 10.8 Å². The molecule has 1 aliphatic heterocycles. The number of fused-ring (bicyclic) bond motifs is 3. The molecule has 136 valence electrons. The largest absolute Gasteiger partial charge is 0.321 e. The quantitative estimate of drug-likeness (QED) is 0.411. The van der Waals surface area contributed by atoms with Crippen molar-refractivity contribution in [2.75, 3.05) is 5.32 Å². The van der Waals surface area contributed by atoms with Crippen molar-refractivity contribution < 1.29 is 9.72 Å². The number of thioether (sulfide) groups is 1. The molecule has 0 saturated carbocycles. The highest BCUT2D eigenvalue weighted by Crippen LogP contribution is 2.46. The molecule has 1 N–H and O–H groups in total. The zero-order valence-electron chi connectivity index (χ0n) is 14.1. The van der Waals surface area contributed by atoms with Crippen LogP contribution in [0.2, 0.25) is 5.02 Å². The predicted octanol–water partition coefficient (Wildman–Crippen LogP) is 6.14. The summed E-state index contributed by atoms with van der Waals surface area (Å²) in [5.74, 6) is 0.515. The number of rotatable bonds is 3. The summed E-state index contributed by atoms with van der Waals surface area (Å²) in [6, 6.07) is 12.3. The minimum absolute atomic E-state index is 0.0134. The van der Waals surface area contributed by atoms with Gasteiger partial charge in [-0.15, -0.1) is 23.1 Å². The van der Waals surface area contributed by atoms with E-state index < -0.39 is 4.92 Å². The molecule has 1 amide bonds. The van der Waals surface area contributed by atoms with Crippen LogP contribution in [0.1, 0.15) is 20.8 Å². The van der Waals surface area contributed by atoms with Crippen LogP contribution >= 0.6 is 34.7 Å². The second-order valence-corrected chi connectivity index (χ2v) is 8.56. The van der Waals surface area contributed by atoms with E-state index >= 15 is 0 Å². The Bertz CT molecular complexity index is 1090. The van der Waals surface area contributed by atoms with E-state index in [2.05, 4.69) is 5.32 Å². The minimum Gasteiger partial charge on any atom is -0.321 e. The summed E-state index contributed by atoms with van der Waals surface area (Å²) in [4.78, 5) is 26.1. The Morgan fingerprint density at radius 1 is 1.26 bits per heavy atom. The van der Waals surface area contributed by atoms with Gasteiger partial charge < -0.3 is 5.32 Å². The highest BCUT2D eigenvalue weighted by atomic mass is 35.5. The number of thiophene rings is 1. The molecule has 0 spiro atoms. The third-order valence-corrected chi connectivity index (χ3v) is 6.90. The van der Waals surface area contributed by atoms with E-state index in [4.69, 9.17) is 11.6 Å². The Kier molecular flexibility index (Phi) is 4.67. The molecule has 0 bridgehead atoms. The maximum Gasteiger partial charge on any atom is 0.274 e. The molecular weight excluding hydrogens is 404 g/mol. The highest BCUT2D eigenvalue weighted by molar-refractivity contribution is 7.98. The van der Waals surface area contributed by atoms with Crippen molar-refractivity contribution in [3.8, 4) is 10.4 Å². The van der Waals surface area contributed by atoms with Gasteiger partial charge in [-0.3, -0.25) is 14.9 Å². The number of amides is 1. The lowest BCUT2D eigenvalue weighted by molar-refractivity contribution is -0.385. The number of halogens is 1. The van der Waals surface area contributed by atoms with Crippen molar-refractivity contribution in [2.24, 2.45) is 0 Å². The predicted molar refractivity (Wildman–Crippen MR) is 110 cm³/mol. The first-order valence-electron chi connectivity index (χ1n) is 8.05. The Labute approximate surface area is 168 Å². The van der Waals surface area contributed by atoms with E-state index in [0.29, 0.717) is 21.2 Å². The number of carbonyl (C=O) groups excluding carboxylic acids is 1. The highest BCUT2D eigenvalue weighted by Gasteiger charge is 2.23. The van der Waals surface area contributed by atoms with Gasteiger partial charge in [0.1, 0.15) is 0 Å². The number of nitro benzene ring substituents is 1. The molecule has 2 heterocycles. The van der Waals surface area contributed by atoms with Crippen molar-refractivity contribution in [3.63, 3.8) is 0 Å². The number of benzene rings is 2. The fraction of sp³-hybridized carbons (Fsp3) is 0.105. The van der Waals surface area contributed by atoms with Crippen LogP contribution in [0.3, 0.4) is 0 Å². The Balaban J connectivity index is 1.65. The van der Waals surface area contributed by atoms with E-state index in [0.717, 1.165) is 26.7 Å². The SMILES string of the molecule is Cc1c(NC(=O)c2cc3c(s2)-c2ccc(Cl)cc2SC3)cccc1[N+](=O)[O-]. The summed E-state index contributed by atoms with van der Waals surface area (Å²) >= 11 is 9.20. The van der Waals surface area contributed by atoms with E-state index in [1.54, 1.807) is 30.8 Å². The summed E-state index contributed by atoms with van der Waals surface area (Å²) in [6.07, 6.45) is 0. The third-order valence-electron chi connectivity index (χ3n) is 4.35. The molecule has 1 aliphatic rings. The standard InChI is InChI=1S/C19H13ClN2O3S2/c1-10-14(3-2-4-15(10)22(24)25)21-19(23)17-7-11-9-26-16-8-12(20)5-6-13(16)18(11)27-17/h2-8H,9H2,1H3,(H,21,23). The Morgan fingerprint density at radius 2 is 2.07 bits per heavy atom.